The lowest BCUT2D eigenvalue weighted by atomic mass is 10.1. The van der Waals surface area contributed by atoms with E-state index in [0.29, 0.717) is 0 Å². The zero-order valence-corrected chi connectivity index (χ0v) is 11.0. The fourth-order valence-electron chi connectivity index (χ4n) is 1.72. The van der Waals surface area contributed by atoms with Crippen LogP contribution in [0.5, 0.6) is 0 Å². The number of unbranched alkanes of at least 4 members (excludes halogenated alkanes) is 8. The molecule has 0 amide bonds. The highest BCUT2D eigenvalue weighted by atomic mass is 13.9. The largest absolute Gasteiger partial charge is 0.133 e. The van der Waals surface area contributed by atoms with Crippen molar-refractivity contribution in [2.75, 3.05) is 0 Å². The molecule has 0 fully saturated rings. The highest BCUT2D eigenvalue weighted by Crippen LogP contribution is 2.07. The lowest BCUT2D eigenvalue weighted by Gasteiger charge is -1.97. The van der Waals surface area contributed by atoms with E-state index >= 15 is 0 Å². The van der Waals surface area contributed by atoms with Crippen LogP contribution in [0.25, 0.3) is 0 Å². The molecule has 92 valence electrons. The fourth-order valence-corrected chi connectivity index (χ4v) is 1.72. The maximum absolute atomic E-state index is 3.55. The third-order valence-electron chi connectivity index (χ3n) is 2.75. The van der Waals surface area contributed by atoms with Crippen molar-refractivity contribution in [3.8, 4) is 0 Å². The van der Waals surface area contributed by atoms with Gasteiger partial charge in [0.1, 0.15) is 0 Å². The van der Waals surface area contributed by atoms with Crippen molar-refractivity contribution in [2.45, 2.75) is 71.1 Å². The first-order chi connectivity index (χ1) is 7.91. The summed E-state index contributed by atoms with van der Waals surface area (Å²) in [5, 5.41) is 0. The Kier molecular flexibility index (Phi) is 13.6. The number of hydrogen-bond acceptors (Lipinski definition) is 0. The van der Waals surface area contributed by atoms with Crippen LogP contribution in [0.2, 0.25) is 0 Å². The van der Waals surface area contributed by atoms with E-state index in [9.17, 15) is 0 Å². The van der Waals surface area contributed by atoms with Gasteiger partial charge in [-0.05, 0) is 38.2 Å². The summed E-state index contributed by atoms with van der Waals surface area (Å²) in [4.78, 5) is 0. The van der Waals surface area contributed by atoms with Gasteiger partial charge < -0.3 is 0 Å². The first-order valence-corrected chi connectivity index (χ1v) is 6.91. The van der Waals surface area contributed by atoms with Gasteiger partial charge in [-0.2, -0.15) is 0 Å². The maximum Gasteiger partial charge on any atom is -0.0272 e. The highest BCUT2D eigenvalue weighted by Gasteiger charge is 1.87. The molecule has 0 aliphatic carbocycles. The quantitative estimate of drug-likeness (QED) is 0.234. The van der Waals surface area contributed by atoms with Crippen molar-refractivity contribution in [3.63, 3.8) is 0 Å². The first-order valence-electron chi connectivity index (χ1n) is 6.91. The Bertz CT molecular complexity index is 194. The maximum atomic E-state index is 3.55. The van der Waals surface area contributed by atoms with E-state index in [1.165, 1.54) is 57.8 Å². The molecule has 0 aliphatic rings. The van der Waals surface area contributed by atoms with Gasteiger partial charge in [0.15, 0.2) is 0 Å². The van der Waals surface area contributed by atoms with Gasteiger partial charge in [-0.1, -0.05) is 57.8 Å². The van der Waals surface area contributed by atoms with Crippen molar-refractivity contribution < 1.29 is 0 Å². The molecule has 0 rings (SSSR count). The lowest BCUT2D eigenvalue weighted by molar-refractivity contribution is 0.611. The van der Waals surface area contributed by atoms with Crippen molar-refractivity contribution in [1.82, 2.24) is 0 Å². The second kappa shape index (κ2) is 14.3. The number of allylic oxidation sites excluding steroid dienone is 3. The summed E-state index contributed by atoms with van der Waals surface area (Å²) in [7, 11) is 0. The minimum atomic E-state index is 1.12. The van der Waals surface area contributed by atoms with Crippen molar-refractivity contribution in [2.24, 2.45) is 0 Å². The molecular weight excluding hydrogens is 192 g/mol. The molecule has 0 saturated heterocycles. The number of rotatable bonds is 11. The average molecular weight is 220 g/mol. The van der Waals surface area contributed by atoms with Crippen LogP contribution in [-0.2, 0) is 0 Å². The molecule has 0 atom stereocenters. The van der Waals surface area contributed by atoms with Gasteiger partial charge in [0.2, 0.25) is 0 Å². The average Bonchev–Trinajstić information content (AvgIpc) is 2.31. The molecule has 0 bridgehead atoms. The standard InChI is InChI=1S/C16H28/c1-3-5-7-9-11-13-15-16-14-12-10-8-6-4-2/h5,13,15H,1,4,6-12,14,16H2,2H3. The minimum absolute atomic E-state index is 1.12. The highest BCUT2D eigenvalue weighted by molar-refractivity contribution is 4.83. The van der Waals surface area contributed by atoms with Crippen LogP contribution >= 0.6 is 0 Å². The van der Waals surface area contributed by atoms with E-state index in [4.69, 9.17) is 0 Å². The second-order valence-corrected chi connectivity index (χ2v) is 4.37. The van der Waals surface area contributed by atoms with E-state index < -0.39 is 0 Å². The summed E-state index contributed by atoms with van der Waals surface area (Å²) in [5.41, 5.74) is 2.80. The lowest BCUT2D eigenvalue weighted by Crippen LogP contribution is -1.77. The predicted molar refractivity (Wildman–Crippen MR) is 74.7 cm³/mol. The van der Waals surface area contributed by atoms with Gasteiger partial charge in [0.05, 0.1) is 0 Å². The summed E-state index contributed by atoms with van der Waals surface area (Å²) in [6.45, 7) is 5.82. The summed E-state index contributed by atoms with van der Waals surface area (Å²) in [6, 6.07) is 0. The molecule has 0 aromatic carbocycles. The van der Waals surface area contributed by atoms with Crippen molar-refractivity contribution in [3.05, 3.63) is 30.5 Å². The number of hydrogen-bond donors (Lipinski definition) is 0. The van der Waals surface area contributed by atoms with Gasteiger partial charge in [-0.3, -0.25) is 0 Å². The fraction of sp³-hybridized carbons (Fsp3) is 0.688. The molecule has 0 spiro atoms. The van der Waals surface area contributed by atoms with Gasteiger partial charge >= 0.3 is 0 Å². The van der Waals surface area contributed by atoms with Crippen LogP contribution in [0.1, 0.15) is 71.1 Å². The zero-order chi connectivity index (χ0) is 11.9. The minimum Gasteiger partial charge on any atom is -0.133 e. The zero-order valence-electron chi connectivity index (χ0n) is 11.0. The Morgan fingerprint density at radius 1 is 0.812 bits per heavy atom. The second-order valence-electron chi connectivity index (χ2n) is 4.37. The molecule has 0 aromatic heterocycles. The van der Waals surface area contributed by atoms with E-state index in [2.05, 4.69) is 31.4 Å². The van der Waals surface area contributed by atoms with Gasteiger partial charge in [0, 0.05) is 0 Å². The van der Waals surface area contributed by atoms with Gasteiger partial charge in [0.25, 0.3) is 0 Å². The van der Waals surface area contributed by atoms with Crippen LogP contribution in [0.3, 0.4) is 0 Å². The van der Waals surface area contributed by atoms with Crippen LogP contribution in [0.15, 0.2) is 30.5 Å². The Morgan fingerprint density at radius 3 is 2.12 bits per heavy atom. The third-order valence-corrected chi connectivity index (χ3v) is 2.75. The van der Waals surface area contributed by atoms with E-state index in [1.807, 2.05) is 6.08 Å². The molecule has 0 unspecified atom stereocenters. The first kappa shape index (κ1) is 15.3. The monoisotopic (exact) mass is 220 g/mol. The Hall–Kier alpha value is -0.740. The Balaban J connectivity index is 3.06. The topological polar surface area (TPSA) is 0 Å². The van der Waals surface area contributed by atoms with E-state index in [0.717, 1.165) is 6.42 Å². The normalized spacial score (nSPS) is 10.6. The molecule has 0 nitrogen and oxygen atoms in total. The molecule has 0 heteroatoms. The summed E-state index contributed by atoms with van der Waals surface area (Å²) in [5.74, 6) is 0. The molecule has 16 heavy (non-hydrogen) atoms. The summed E-state index contributed by atoms with van der Waals surface area (Å²) >= 11 is 0. The summed E-state index contributed by atoms with van der Waals surface area (Å²) < 4.78 is 0. The predicted octanol–water partition coefficient (Wildman–Crippen LogP) is 5.80. The smallest absolute Gasteiger partial charge is 0.0272 e. The van der Waals surface area contributed by atoms with E-state index in [1.54, 1.807) is 0 Å². The Labute approximate surface area is 102 Å². The molecule has 0 heterocycles. The van der Waals surface area contributed by atoms with Crippen LogP contribution in [0, 0.1) is 0 Å². The van der Waals surface area contributed by atoms with Gasteiger partial charge in [-0.25, -0.2) is 0 Å². The van der Waals surface area contributed by atoms with Crippen molar-refractivity contribution in [1.29, 1.82) is 0 Å². The van der Waals surface area contributed by atoms with Crippen LogP contribution in [0.4, 0.5) is 0 Å². The molecule has 0 saturated carbocycles. The summed E-state index contributed by atoms with van der Waals surface area (Å²) in [6.07, 6.45) is 19.9. The third kappa shape index (κ3) is 13.3. The molecule has 0 radical (unpaired) electrons. The van der Waals surface area contributed by atoms with E-state index in [-0.39, 0.29) is 0 Å². The van der Waals surface area contributed by atoms with Crippen LogP contribution < -0.4 is 0 Å². The molecular formula is C16H28. The Morgan fingerprint density at radius 2 is 1.44 bits per heavy atom. The molecule has 0 aliphatic heterocycles. The molecule has 0 aromatic rings. The van der Waals surface area contributed by atoms with Crippen molar-refractivity contribution >= 4 is 0 Å². The van der Waals surface area contributed by atoms with Gasteiger partial charge in [-0.15, -0.1) is 5.73 Å². The SMILES string of the molecule is C=C=CCCCC=CCCCCCCCC. The van der Waals surface area contributed by atoms with Crippen LogP contribution in [-0.4, -0.2) is 0 Å². The molecule has 0 N–H and O–H groups in total.